The minimum Gasteiger partial charge on any atom is -0.377 e. The van der Waals surface area contributed by atoms with Crippen molar-refractivity contribution < 1.29 is 4.74 Å². The average Bonchev–Trinajstić information content (AvgIpc) is 2.52. The minimum absolute atomic E-state index is 0.0224. The smallest absolute Gasteiger partial charge is 0.331 e. The molecule has 1 N–H and O–H groups in total. The number of aromatic nitrogens is 2. The van der Waals surface area contributed by atoms with Crippen LogP contribution in [-0.4, -0.2) is 27.9 Å². The lowest BCUT2D eigenvalue weighted by Gasteiger charge is -2.38. The third-order valence-electron chi connectivity index (χ3n) is 4.09. The topological polar surface area (TPSA) is 65.3 Å². The molecule has 0 radical (unpaired) electrons. The monoisotopic (exact) mass is 335 g/mol. The number of hydrogen-bond donors (Lipinski definition) is 1. The number of fused-ring (bicyclic) bond motifs is 1. The van der Waals surface area contributed by atoms with Crippen molar-refractivity contribution in [1.29, 1.82) is 0 Å². The maximum Gasteiger partial charge on any atom is 0.331 e. The predicted octanol–water partition coefficient (Wildman–Crippen LogP) is 1.59. The second-order valence-corrected chi connectivity index (χ2v) is 6.89. The maximum absolute atomic E-state index is 12.6. The van der Waals surface area contributed by atoms with Crippen LogP contribution < -0.4 is 16.0 Å². The van der Waals surface area contributed by atoms with Crippen molar-refractivity contribution in [2.75, 3.05) is 13.2 Å². The summed E-state index contributed by atoms with van der Waals surface area (Å²) in [6.07, 6.45) is 0. The zero-order valence-electron chi connectivity index (χ0n) is 13.6. The minimum atomic E-state index is -0.245. The molecule has 0 atom stereocenters. The molecule has 0 bridgehead atoms. The molecule has 0 aliphatic carbocycles. The molecule has 0 amide bonds. The van der Waals surface area contributed by atoms with Gasteiger partial charge in [-0.25, -0.2) is 9.52 Å². The fourth-order valence-electron chi connectivity index (χ4n) is 2.70. The van der Waals surface area contributed by atoms with Crippen molar-refractivity contribution in [2.45, 2.75) is 44.3 Å². The maximum atomic E-state index is 12.6. The molecule has 2 aromatic rings. The van der Waals surface area contributed by atoms with Crippen molar-refractivity contribution in [3.8, 4) is 0 Å². The highest BCUT2D eigenvalue weighted by molar-refractivity contribution is 7.97. The standard InChI is InChI=1S/C16H21N3O3S/c1-4-18-13-7-6-11(23-17-16(3)9-22-10-16)8-12(13)14(20)19(5-2)15(18)21/h6-8,17H,4-5,9-10H2,1-3H3. The van der Waals surface area contributed by atoms with Crippen molar-refractivity contribution in [3.05, 3.63) is 39.0 Å². The molecule has 7 heteroatoms. The molecule has 0 saturated carbocycles. The van der Waals surface area contributed by atoms with Gasteiger partial charge in [0.15, 0.2) is 0 Å². The number of ether oxygens (including phenoxy) is 1. The molecule has 1 fully saturated rings. The second kappa shape index (κ2) is 6.14. The van der Waals surface area contributed by atoms with Crippen LogP contribution in [0, 0.1) is 0 Å². The molecule has 1 aliphatic rings. The van der Waals surface area contributed by atoms with Gasteiger partial charge in [-0.05, 0) is 50.9 Å². The van der Waals surface area contributed by atoms with Crippen LogP contribution in [0.25, 0.3) is 10.9 Å². The van der Waals surface area contributed by atoms with Crippen LogP contribution in [-0.2, 0) is 17.8 Å². The Kier molecular flexibility index (Phi) is 4.35. The van der Waals surface area contributed by atoms with Gasteiger partial charge in [0.05, 0.1) is 29.7 Å². The van der Waals surface area contributed by atoms with E-state index in [-0.39, 0.29) is 16.8 Å². The van der Waals surface area contributed by atoms with E-state index >= 15 is 0 Å². The summed E-state index contributed by atoms with van der Waals surface area (Å²) in [6, 6.07) is 5.64. The highest BCUT2D eigenvalue weighted by Crippen LogP contribution is 2.25. The molecule has 6 nitrogen and oxygen atoms in total. The molecular formula is C16H21N3O3S. The third kappa shape index (κ3) is 2.84. The number of benzene rings is 1. The Bertz CT molecular complexity index is 852. The van der Waals surface area contributed by atoms with Gasteiger partial charge < -0.3 is 4.74 Å². The van der Waals surface area contributed by atoms with Gasteiger partial charge in [-0.15, -0.1) is 0 Å². The first-order chi connectivity index (χ1) is 11.0. The van der Waals surface area contributed by atoms with Crippen LogP contribution in [0.5, 0.6) is 0 Å². The lowest BCUT2D eigenvalue weighted by atomic mass is 10.0. The highest BCUT2D eigenvalue weighted by Gasteiger charge is 2.33. The molecule has 23 heavy (non-hydrogen) atoms. The van der Waals surface area contributed by atoms with Crippen LogP contribution in [0.2, 0.25) is 0 Å². The Morgan fingerprint density at radius 3 is 2.48 bits per heavy atom. The molecular weight excluding hydrogens is 314 g/mol. The van der Waals surface area contributed by atoms with E-state index in [9.17, 15) is 9.59 Å². The number of aryl methyl sites for hydroxylation is 1. The van der Waals surface area contributed by atoms with Gasteiger partial charge in [0.25, 0.3) is 5.56 Å². The lowest BCUT2D eigenvalue weighted by Crippen LogP contribution is -2.55. The van der Waals surface area contributed by atoms with E-state index in [2.05, 4.69) is 11.6 Å². The summed E-state index contributed by atoms with van der Waals surface area (Å²) in [5, 5.41) is 0.579. The van der Waals surface area contributed by atoms with Crippen LogP contribution in [0.15, 0.2) is 32.7 Å². The Hall–Kier alpha value is -1.57. The van der Waals surface area contributed by atoms with Crippen LogP contribution >= 0.6 is 11.9 Å². The first kappa shape index (κ1) is 16.3. The fourth-order valence-corrected chi connectivity index (χ4v) is 3.50. The van der Waals surface area contributed by atoms with E-state index in [4.69, 9.17) is 4.74 Å². The molecule has 1 aliphatic heterocycles. The number of nitrogens with zero attached hydrogens (tertiary/aromatic N) is 2. The van der Waals surface area contributed by atoms with E-state index in [1.54, 1.807) is 4.57 Å². The van der Waals surface area contributed by atoms with Crippen LogP contribution in [0.3, 0.4) is 0 Å². The summed E-state index contributed by atoms with van der Waals surface area (Å²) in [7, 11) is 0. The van der Waals surface area contributed by atoms with Gasteiger partial charge in [0, 0.05) is 18.0 Å². The molecule has 124 valence electrons. The van der Waals surface area contributed by atoms with Gasteiger partial charge in [-0.1, -0.05) is 0 Å². The van der Waals surface area contributed by atoms with Crippen molar-refractivity contribution in [2.24, 2.45) is 0 Å². The second-order valence-electron chi connectivity index (χ2n) is 6.01. The summed E-state index contributed by atoms with van der Waals surface area (Å²) in [4.78, 5) is 25.9. The van der Waals surface area contributed by atoms with Gasteiger partial charge >= 0.3 is 5.69 Å². The third-order valence-corrected chi connectivity index (χ3v) is 5.17. The van der Waals surface area contributed by atoms with E-state index in [1.165, 1.54) is 16.5 Å². The largest absolute Gasteiger partial charge is 0.377 e. The number of hydrogen-bond acceptors (Lipinski definition) is 5. The highest BCUT2D eigenvalue weighted by atomic mass is 32.2. The molecule has 0 unspecified atom stereocenters. The van der Waals surface area contributed by atoms with Crippen LogP contribution in [0.4, 0.5) is 0 Å². The summed E-state index contributed by atoms with van der Waals surface area (Å²) in [6.45, 7) is 8.11. The van der Waals surface area contributed by atoms with E-state index in [1.807, 2.05) is 32.0 Å². The molecule has 2 heterocycles. The Morgan fingerprint density at radius 2 is 1.91 bits per heavy atom. The van der Waals surface area contributed by atoms with Crippen molar-refractivity contribution in [3.63, 3.8) is 0 Å². The quantitative estimate of drug-likeness (QED) is 0.841. The Labute approximate surface area is 138 Å². The van der Waals surface area contributed by atoms with E-state index in [0.717, 1.165) is 4.90 Å². The van der Waals surface area contributed by atoms with Gasteiger partial charge in [0.1, 0.15) is 0 Å². The molecule has 1 aromatic carbocycles. The first-order valence-corrected chi connectivity index (χ1v) is 8.60. The first-order valence-electron chi connectivity index (χ1n) is 7.78. The Morgan fingerprint density at radius 1 is 1.22 bits per heavy atom. The van der Waals surface area contributed by atoms with E-state index in [0.29, 0.717) is 37.2 Å². The average molecular weight is 335 g/mol. The summed E-state index contributed by atoms with van der Waals surface area (Å²) in [5.74, 6) is 0. The predicted molar refractivity (Wildman–Crippen MR) is 92.0 cm³/mol. The summed E-state index contributed by atoms with van der Waals surface area (Å²) in [5.41, 5.74) is 0.198. The normalized spacial score (nSPS) is 16.5. The number of rotatable bonds is 5. The van der Waals surface area contributed by atoms with E-state index < -0.39 is 0 Å². The van der Waals surface area contributed by atoms with Gasteiger partial charge in [-0.3, -0.25) is 13.9 Å². The van der Waals surface area contributed by atoms with Crippen molar-refractivity contribution >= 4 is 22.9 Å². The van der Waals surface area contributed by atoms with Crippen molar-refractivity contribution in [1.82, 2.24) is 13.9 Å². The SMILES string of the molecule is CCn1c(=O)c2cc(SNC3(C)COC3)ccc2n(CC)c1=O. The zero-order chi connectivity index (χ0) is 16.6. The number of nitrogens with one attached hydrogen (secondary N) is 1. The zero-order valence-corrected chi connectivity index (χ0v) is 14.4. The molecule has 3 rings (SSSR count). The molecule has 1 aromatic heterocycles. The summed E-state index contributed by atoms with van der Waals surface area (Å²) >= 11 is 1.49. The summed E-state index contributed by atoms with van der Waals surface area (Å²) < 4.78 is 11.5. The Balaban J connectivity index is 2.04. The lowest BCUT2D eigenvalue weighted by molar-refractivity contribution is -0.0510. The van der Waals surface area contributed by atoms with Crippen LogP contribution in [0.1, 0.15) is 20.8 Å². The molecule has 1 saturated heterocycles. The fraction of sp³-hybridized carbons (Fsp3) is 0.500. The van der Waals surface area contributed by atoms with Gasteiger partial charge in [-0.2, -0.15) is 0 Å². The van der Waals surface area contributed by atoms with Gasteiger partial charge in [0.2, 0.25) is 0 Å². The molecule has 0 spiro atoms.